The molecule has 4 aromatic rings. The number of carbonyl (C=O) groups is 1. The summed E-state index contributed by atoms with van der Waals surface area (Å²) < 4.78 is 19.2. The molecule has 0 amide bonds. The lowest BCUT2D eigenvalue weighted by atomic mass is 9.80. The van der Waals surface area contributed by atoms with Crippen LogP contribution >= 0.6 is 0 Å². The van der Waals surface area contributed by atoms with Crippen LogP contribution in [0.5, 0.6) is 11.5 Å². The van der Waals surface area contributed by atoms with Crippen LogP contribution in [0.3, 0.4) is 0 Å². The molecule has 7 heteroatoms. The highest BCUT2D eigenvalue weighted by atomic mass is 16.6. The summed E-state index contributed by atoms with van der Waals surface area (Å²) >= 11 is 0. The van der Waals surface area contributed by atoms with Gasteiger partial charge in [0, 0.05) is 31.7 Å². The molecule has 0 bridgehead atoms. The van der Waals surface area contributed by atoms with Crippen molar-refractivity contribution in [3.63, 3.8) is 0 Å². The van der Waals surface area contributed by atoms with Crippen LogP contribution in [0.15, 0.2) is 72.8 Å². The molecular weight excluding hydrogens is 586 g/mol. The van der Waals surface area contributed by atoms with Crippen LogP contribution in [0.25, 0.3) is 11.4 Å². The number of rotatable bonds is 13. The maximum absolute atomic E-state index is 12.6. The van der Waals surface area contributed by atoms with Gasteiger partial charge in [-0.2, -0.15) is 0 Å². The summed E-state index contributed by atoms with van der Waals surface area (Å²) in [5, 5.41) is 0. The van der Waals surface area contributed by atoms with Crippen molar-refractivity contribution in [1.29, 1.82) is 0 Å². The SMILES string of the molecule is C1CC1.CCCCn1c(-c2ccccc2)nc(C)c1CN(Cc1ccc(C(C)(CC)C(=O)OC)cc1)Cc1ccc2c(c1)OCCO2. The molecule has 1 fully saturated rings. The van der Waals surface area contributed by atoms with E-state index in [1.807, 2.05) is 26.0 Å². The van der Waals surface area contributed by atoms with E-state index in [0.29, 0.717) is 19.6 Å². The van der Waals surface area contributed by atoms with E-state index < -0.39 is 5.41 Å². The molecule has 0 N–H and O–H groups in total. The average molecular weight is 638 g/mol. The first-order chi connectivity index (χ1) is 22.9. The van der Waals surface area contributed by atoms with Gasteiger partial charge in [-0.25, -0.2) is 4.98 Å². The van der Waals surface area contributed by atoms with E-state index in [9.17, 15) is 4.79 Å². The molecular formula is C40H51N3O4. The van der Waals surface area contributed by atoms with Gasteiger partial charge in [0.15, 0.2) is 11.5 Å². The monoisotopic (exact) mass is 637 g/mol. The topological polar surface area (TPSA) is 65.8 Å². The summed E-state index contributed by atoms with van der Waals surface area (Å²) in [7, 11) is 1.46. The number of esters is 1. The van der Waals surface area contributed by atoms with Crippen molar-refractivity contribution in [3.05, 3.63) is 101 Å². The Kier molecular flexibility index (Phi) is 11.8. The molecule has 0 radical (unpaired) electrons. The molecule has 1 aliphatic carbocycles. The highest BCUT2D eigenvalue weighted by Crippen LogP contribution is 2.33. The maximum Gasteiger partial charge on any atom is 0.315 e. The highest BCUT2D eigenvalue weighted by Gasteiger charge is 2.34. The normalized spacial score (nSPS) is 14.6. The number of hydrogen-bond donors (Lipinski definition) is 0. The van der Waals surface area contributed by atoms with Gasteiger partial charge in [0.25, 0.3) is 0 Å². The number of aryl methyl sites for hydroxylation is 1. The molecule has 6 rings (SSSR count). The van der Waals surface area contributed by atoms with E-state index in [2.05, 4.69) is 84.0 Å². The van der Waals surface area contributed by atoms with Crippen LogP contribution < -0.4 is 9.47 Å². The molecule has 1 saturated carbocycles. The average Bonchev–Trinajstić information content (AvgIpc) is 3.97. The number of ether oxygens (including phenoxy) is 3. The third-order valence-corrected chi connectivity index (χ3v) is 9.12. The van der Waals surface area contributed by atoms with Crippen LogP contribution in [-0.2, 0) is 41.1 Å². The van der Waals surface area contributed by atoms with Crippen LogP contribution in [0.1, 0.15) is 87.4 Å². The predicted octanol–water partition coefficient (Wildman–Crippen LogP) is 8.64. The molecule has 0 spiro atoms. The minimum Gasteiger partial charge on any atom is -0.486 e. The maximum atomic E-state index is 12.6. The second-order valence-corrected chi connectivity index (χ2v) is 12.9. The van der Waals surface area contributed by atoms with Gasteiger partial charge in [0.1, 0.15) is 19.0 Å². The Bertz CT molecular complexity index is 1590. The lowest BCUT2D eigenvalue weighted by molar-refractivity contribution is -0.147. The Balaban J connectivity index is 0.00000137. The first-order valence-electron chi connectivity index (χ1n) is 17.3. The third kappa shape index (κ3) is 8.63. The molecule has 1 atom stereocenters. The standard InChI is InChI=1S/C37H45N3O4.C3H6/c1-6-8-20-40-32(27(3)38-35(40)30-12-10-9-11-13-30)26-39(25-29-16-19-33-34(23-29)44-22-21-43-33)24-28-14-17-31(18-15-28)37(4,7-2)36(41)42-5;1-2-3-1/h9-19,23H,6-8,20-22,24-26H2,1-5H3;1-3H2. The second-order valence-electron chi connectivity index (χ2n) is 12.9. The molecule has 0 saturated heterocycles. The second kappa shape index (κ2) is 16.1. The van der Waals surface area contributed by atoms with E-state index >= 15 is 0 Å². The summed E-state index contributed by atoms with van der Waals surface area (Å²) in [6.45, 7) is 12.6. The lowest BCUT2D eigenvalue weighted by Gasteiger charge is -2.27. The van der Waals surface area contributed by atoms with Gasteiger partial charge in [0.2, 0.25) is 0 Å². The third-order valence-electron chi connectivity index (χ3n) is 9.12. The smallest absolute Gasteiger partial charge is 0.315 e. The number of benzene rings is 3. The molecule has 250 valence electrons. The van der Waals surface area contributed by atoms with E-state index in [4.69, 9.17) is 19.2 Å². The van der Waals surface area contributed by atoms with Gasteiger partial charge in [-0.15, -0.1) is 0 Å². The Morgan fingerprint density at radius 2 is 1.55 bits per heavy atom. The van der Waals surface area contributed by atoms with Gasteiger partial charge in [0.05, 0.1) is 23.9 Å². The molecule has 2 aliphatic rings. The Morgan fingerprint density at radius 1 is 0.894 bits per heavy atom. The minimum absolute atomic E-state index is 0.210. The first-order valence-corrected chi connectivity index (χ1v) is 17.3. The van der Waals surface area contributed by atoms with E-state index in [-0.39, 0.29) is 5.97 Å². The molecule has 1 unspecified atom stereocenters. The lowest BCUT2D eigenvalue weighted by Crippen LogP contribution is -2.33. The fourth-order valence-corrected chi connectivity index (χ4v) is 5.92. The van der Waals surface area contributed by atoms with Gasteiger partial charge in [-0.1, -0.05) is 100 Å². The number of aromatic nitrogens is 2. The Morgan fingerprint density at radius 3 is 2.19 bits per heavy atom. The zero-order chi connectivity index (χ0) is 33.2. The summed E-state index contributed by atoms with van der Waals surface area (Å²) in [6, 6.07) is 25.1. The quantitative estimate of drug-likeness (QED) is 0.137. The van der Waals surface area contributed by atoms with Gasteiger partial charge < -0.3 is 18.8 Å². The molecule has 2 heterocycles. The van der Waals surface area contributed by atoms with Crippen molar-refractivity contribution in [2.45, 2.75) is 97.8 Å². The van der Waals surface area contributed by atoms with Gasteiger partial charge >= 0.3 is 5.97 Å². The first kappa shape index (κ1) is 34.2. The molecule has 47 heavy (non-hydrogen) atoms. The Labute approximate surface area is 280 Å². The van der Waals surface area contributed by atoms with Crippen molar-refractivity contribution in [2.24, 2.45) is 0 Å². The van der Waals surface area contributed by atoms with Crippen LogP contribution in [0, 0.1) is 6.92 Å². The van der Waals surface area contributed by atoms with Crippen LogP contribution in [-0.4, -0.2) is 40.7 Å². The van der Waals surface area contributed by atoms with E-state index in [1.54, 1.807) is 0 Å². The Hall–Kier alpha value is -4.10. The van der Waals surface area contributed by atoms with Gasteiger partial charge in [-0.3, -0.25) is 9.69 Å². The number of nitrogens with zero attached hydrogens (tertiary/aromatic N) is 3. The molecule has 1 aromatic heterocycles. The zero-order valence-corrected chi connectivity index (χ0v) is 28.9. The molecule has 3 aromatic carbocycles. The fraction of sp³-hybridized carbons (Fsp3) is 0.450. The van der Waals surface area contributed by atoms with E-state index in [1.165, 1.54) is 37.6 Å². The van der Waals surface area contributed by atoms with Gasteiger partial charge in [-0.05, 0) is 55.5 Å². The molecule has 7 nitrogen and oxygen atoms in total. The van der Waals surface area contributed by atoms with Crippen molar-refractivity contribution in [1.82, 2.24) is 14.5 Å². The minimum atomic E-state index is -0.672. The van der Waals surface area contributed by atoms with Crippen LogP contribution in [0.2, 0.25) is 0 Å². The number of hydrogen-bond acceptors (Lipinski definition) is 6. The number of unbranched alkanes of at least 4 members (excludes halogenated alkanes) is 1. The number of imidazole rings is 1. The van der Waals surface area contributed by atoms with E-state index in [0.717, 1.165) is 78.7 Å². The summed E-state index contributed by atoms with van der Waals surface area (Å²) in [6.07, 6.45) is 7.36. The largest absolute Gasteiger partial charge is 0.486 e. The number of carbonyl (C=O) groups excluding carboxylic acids is 1. The predicted molar refractivity (Wildman–Crippen MR) is 188 cm³/mol. The fourth-order valence-electron chi connectivity index (χ4n) is 5.92. The van der Waals surface area contributed by atoms with Crippen molar-refractivity contribution in [2.75, 3.05) is 20.3 Å². The summed E-state index contributed by atoms with van der Waals surface area (Å²) in [5.74, 6) is 2.41. The highest BCUT2D eigenvalue weighted by molar-refractivity contribution is 5.82. The van der Waals surface area contributed by atoms with Crippen molar-refractivity contribution >= 4 is 5.97 Å². The van der Waals surface area contributed by atoms with Crippen molar-refractivity contribution in [3.8, 4) is 22.9 Å². The van der Waals surface area contributed by atoms with Crippen LogP contribution in [0.4, 0.5) is 0 Å². The molecule has 1 aliphatic heterocycles. The number of methoxy groups -OCH3 is 1. The summed E-state index contributed by atoms with van der Waals surface area (Å²) in [5.41, 5.74) is 6.06. The zero-order valence-electron chi connectivity index (χ0n) is 28.9. The summed E-state index contributed by atoms with van der Waals surface area (Å²) in [4.78, 5) is 20.2. The van der Waals surface area contributed by atoms with Crippen molar-refractivity contribution < 1.29 is 19.0 Å². The number of fused-ring (bicyclic) bond motifs is 1.